The highest BCUT2D eigenvalue weighted by atomic mass is 16.5. The second kappa shape index (κ2) is 4.03. The summed E-state index contributed by atoms with van der Waals surface area (Å²) in [5.41, 5.74) is 0. The average molecular weight is 225 g/mol. The third-order valence-electron chi connectivity index (χ3n) is 3.19. The Morgan fingerprint density at radius 3 is 2.69 bits per heavy atom. The van der Waals surface area contributed by atoms with Crippen molar-refractivity contribution in [2.75, 3.05) is 31.2 Å². The molecule has 88 valence electrons. The summed E-state index contributed by atoms with van der Waals surface area (Å²) < 4.78 is 10.5. The van der Waals surface area contributed by atoms with E-state index < -0.39 is 0 Å². The van der Waals surface area contributed by atoms with Crippen LogP contribution in [0.4, 0.5) is 5.95 Å². The molecule has 3 rings (SSSR count). The molecule has 2 heterocycles. The van der Waals surface area contributed by atoms with Gasteiger partial charge in [-0.25, -0.2) is 0 Å². The molecule has 1 saturated carbocycles. The van der Waals surface area contributed by atoms with Crippen molar-refractivity contribution in [3.63, 3.8) is 0 Å². The zero-order valence-electron chi connectivity index (χ0n) is 9.00. The second-order valence-electron chi connectivity index (χ2n) is 4.35. The van der Waals surface area contributed by atoms with E-state index in [9.17, 15) is 5.11 Å². The van der Waals surface area contributed by atoms with Crippen LogP contribution < -0.4 is 4.90 Å². The van der Waals surface area contributed by atoms with Crippen molar-refractivity contribution in [3.8, 4) is 0 Å². The number of hydrogen-bond acceptors (Lipinski definition) is 6. The van der Waals surface area contributed by atoms with Crippen molar-refractivity contribution < 1.29 is 14.4 Å². The van der Waals surface area contributed by atoms with Gasteiger partial charge in [0.15, 0.2) is 0 Å². The third kappa shape index (κ3) is 1.78. The fourth-order valence-corrected chi connectivity index (χ4v) is 2.07. The zero-order valence-corrected chi connectivity index (χ0v) is 9.00. The number of morpholine rings is 1. The first-order chi connectivity index (χ1) is 7.83. The van der Waals surface area contributed by atoms with Crippen LogP contribution in [0.15, 0.2) is 4.52 Å². The number of nitrogens with zero attached hydrogens (tertiary/aromatic N) is 3. The minimum absolute atomic E-state index is 0.191. The van der Waals surface area contributed by atoms with Crippen LogP contribution in [0.1, 0.15) is 24.7 Å². The minimum atomic E-state index is -0.191. The molecule has 1 saturated heterocycles. The highest BCUT2D eigenvalue weighted by Gasteiger charge is 2.33. The summed E-state index contributed by atoms with van der Waals surface area (Å²) in [6.07, 6.45) is 1.29. The van der Waals surface area contributed by atoms with E-state index in [0.717, 1.165) is 25.9 Å². The summed E-state index contributed by atoms with van der Waals surface area (Å²) in [6, 6.07) is 0. The van der Waals surface area contributed by atoms with E-state index in [1.165, 1.54) is 0 Å². The Balaban J connectivity index is 1.67. The molecule has 1 aromatic rings. The van der Waals surface area contributed by atoms with E-state index in [2.05, 4.69) is 15.0 Å². The standard InChI is InChI=1S/C10H15N3O3/c14-8-5-7(6-8)9-11-10(12-16-9)13-1-3-15-4-2-13/h7-8,14H,1-6H2. The van der Waals surface area contributed by atoms with Crippen molar-refractivity contribution in [2.45, 2.75) is 24.9 Å². The van der Waals surface area contributed by atoms with Crippen LogP contribution >= 0.6 is 0 Å². The third-order valence-corrected chi connectivity index (χ3v) is 3.19. The molecule has 1 aliphatic carbocycles. The van der Waals surface area contributed by atoms with Crippen molar-refractivity contribution in [1.82, 2.24) is 10.1 Å². The van der Waals surface area contributed by atoms with Gasteiger partial charge in [0.2, 0.25) is 5.89 Å². The highest BCUT2D eigenvalue weighted by Crippen LogP contribution is 2.36. The van der Waals surface area contributed by atoms with E-state index in [4.69, 9.17) is 9.26 Å². The Hall–Kier alpha value is -1.14. The zero-order chi connectivity index (χ0) is 11.0. The van der Waals surface area contributed by atoms with Gasteiger partial charge < -0.3 is 19.3 Å². The van der Waals surface area contributed by atoms with Crippen LogP contribution in [0.2, 0.25) is 0 Å². The largest absolute Gasteiger partial charge is 0.393 e. The van der Waals surface area contributed by atoms with Gasteiger partial charge in [-0.15, -0.1) is 0 Å². The SMILES string of the molecule is OC1CC(c2nc(N3CCOCC3)no2)C1. The molecule has 6 nitrogen and oxygen atoms in total. The van der Waals surface area contributed by atoms with Gasteiger partial charge in [0.05, 0.1) is 19.3 Å². The molecule has 0 aromatic carbocycles. The van der Waals surface area contributed by atoms with Crippen molar-refractivity contribution in [3.05, 3.63) is 5.89 Å². The monoisotopic (exact) mass is 225 g/mol. The van der Waals surface area contributed by atoms with E-state index in [1.807, 2.05) is 0 Å². The summed E-state index contributed by atoms with van der Waals surface area (Å²) in [4.78, 5) is 6.43. The number of hydrogen-bond donors (Lipinski definition) is 1. The Morgan fingerprint density at radius 2 is 2.00 bits per heavy atom. The molecule has 0 radical (unpaired) electrons. The van der Waals surface area contributed by atoms with Crippen LogP contribution in [0.5, 0.6) is 0 Å². The number of aliphatic hydroxyl groups excluding tert-OH is 1. The summed E-state index contributed by atoms with van der Waals surface area (Å²) in [6.45, 7) is 3.05. The number of aliphatic hydroxyl groups is 1. The number of anilines is 1. The second-order valence-corrected chi connectivity index (χ2v) is 4.35. The molecule has 0 amide bonds. The molecule has 1 aromatic heterocycles. The fraction of sp³-hybridized carbons (Fsp3) is 0.800. The van der Waals surface area contributed by atoms with Gasteiger partial charge in [-0.3, -0.25) is 0 Å². The first-order valence-electron chi connectivity index (χ1n) is 5.67. The summed E-state index contributed by atoms with van der Waals surface area (Å²) in [5, 5.41) is 13.2. The lowest BCUT2D eigenvalue weighted by Gasteiger charge is -2.28. The molecule has 16 heavy (non-hydrogen) atoms. The van der Waals surface area contributed by atoms with Gasteiger partial charge in [-0.2, -0.15) is 4.98 Å². The number of rotatable bonds is 2. The predicted octanol–water partition coefficient (Wildman–Crippen LogP) is 0.144. The van der Waals surface area contributed by atoms with E-state index >= 15 is 0 Å². The van der Waals surface area contributed by atoms with Crippen molar-refractivity contribution >= 4 is 5.95 Å². The summed E-state index contributed by atoms with van der Waals surface area (Å²) in [7, 11) is 0. The van der Waals surface area contributed by atoms with E-state index in [1.54, 1.807) is 0 Å². The van der Waals surface area contributed by atoms with E-state index in [-0.39, 0.29) is 12.0 Å². The maximum Gasteiger partial charge on any atom is 0.266 e. The van der Waals surface area contributed by atoms with Gasteiger partial charge >= 0.3 is 0 Å². The fourth-order valence-electron chi connectivity index (χ4n) is 2.07. The predicted molar refractivity (Wildman–Crippen MR) is 55.3 cm³/mol. The maximum absolute atomic E-state index is 9.22. The van der Waals surface area contributed by atoms with Crippen LogP contribution in [-0.2, 0) is 4.74 Å². The minimum Gasteiger partial charge on any atom is -0.393 e. The number of ether oxygens (including phenoxy) is 1. The molecule has 0 bridgehead atoms. The smallest absolute Gasteiger partial charge is 0.266 e. The van der Waals surface area contributed by atoms with Crippen molar-refractivity contribution in [1.29, 1.82) is 0 Å². The molecule has 1 N–H and O–H groups in total. The molecule has 2 aliphatic rings. The normalized spacial score (nSPS) is 30.2. The molecule has 6 heteroatoms. The molecule has 1 aliphatic heterocycles. The Labute approximate surface area is 93.2 Å². The van der Waals surface area contributed by atoms with Gasteiger partial charge in [-0.1, -0.05) is 0 Å². The molecular weight excluding hydrogens is 210 g/mol. The van der Waals surface area contributed by atoms with Crippen LogP contribution in [-0.4, -0.2) is 47.7 Å². The van der Waals surface area contributed by atoms with Gasteiger partial charge in [0.1, 0.15) is 0 Å². The topological polar surface area (TPSA) is 71.6 Å². The van der Waals surface area contributed by atoms with Crippen LogP contribution in [0.25, 0.3) is 0 Å². The molecule has 2 fully saturated rings. The molecule has 0 spiro atoms. The average Bonchev–Trinajstić information content (AvgIpc) is 2.75. The quantitative estimate of drug-likeness (QED) is 0.772. The van der Waals surface area contributed by atoms with Gasteiger partial charge in [-0.05, 0) is 18.0 Å². The van der Waals surface area contributed by atoms with Gasteiger partial charge in [0, 0.05) is 19.0 Å². The summed E-state index contributed by atoms with van der Waals surface area (Å²) in [5.74, 6) is 1.56. The first-order valence-corrected chi connectivity index (χ1v) is 5.67. The Morgan fingerprint density at radius 1 is 1.25 bits per heavy atom. The highest BCUT2D eigenvalue weighted by molar-refractivity contribution is 5.28. The Kier molecular flexibility index (Phi) is 2.53. The van der Waals surface area contributed by atoms with Gasteiger partial charge in [0.25, 0.3) is 5.95 Å². The lowest BCUT2D eigenvalue weighted by Crippen LogP contribution is -2.37. The van der Waals surface area contributed by atoms with Crippen LogP contribution in [0, 0.1) is 0 Å². The lowest BCUT2D eigenvalue weighted by atomic mass is 9.82. The maximum atomic E-state index is 9.22. The first kappa shape index (κ1) is 10.0. The van der Waals surface area contributed by atoms with Crippen molar-refractivity contribution in [2.24, 2.45) is 0 Å². The molecule has 0 unspecified atom stereocenters. The Bertz CT molecular complexity index is 356. The lowest BCUT2D eigenvalue weighted by molar-refractivity contribution is 0.0625. The van der Waals surface area contributed by atoms with E-state index in [0.29, 0.717) is 25.1 Å². The molecular formula is C10H15N3O3. The number of aromatic nitrogens is 2. The van der Waals surface area contributed by atoms with Crippen LogP contribution in [0.3, 0.4) is 0 Å². The summed E-state index contributed by atoms with van der Waals surface area (Å²) >= 11 is 0. The molecule has 0 atom stereocenters.